The summed E-state index contributed by atoms with van der Waals surface area (Å²) in [6.45, 7) is 1.97. The van der Waals surface area contributed by atoms with Crippen molar-refractivity contribution in [1.82, 2.24) is 0 Å². The van der Waals surface area contributed by atoms with Gasteiger partial charge in [0.2, 0.25) is 0 Å². The van der Waals surface area contributed by atoms with Gasteiger partial charge in [0.05, 0.1) is 20.3 Å². The van der Waals surface area contributed by atoms with Crippen molar-refractivity contribution in [2.24, 2.45) is 0 Å². The van der Waals surface area contributed by atoms with Crippen molar-refractivity contribution in [2.75, 3.05) is 26.9 Å². The predicted octanol–water partition coefficient (Wildman–Crippen LogP) is 3.40. The van der Waals surface area contributed by atoms with Gasteiger partial charge in [0.15, 0.2) is 5.60 Å². The van der Waals surface area contributed by atoms with Gasteiger partial charge in [-0.25, -0.2) is 4.79 Å². The second kappa shape index (κ2) is 8.51. The second-order valence-electron chi connectivity index (χ2n) is 5.57. The third-order valence-corrected chi connectivity index (χ3v) is 4.12. The molecule has 0 aromatic heterocycles. The van der Waals surface area contributed by atoms with Gasteiger partial charge < -0.3 is 14.2 Å². The minimum absolute atomic E-state index is 0.244. The minimum atomic E-state index is -0.635. The van der Waals surface area contributed by atoms with Crippen LogP contribution in [0.2, 0.25) is 5.02 Å². The van der Waals surface area contributed by atoms with E-state index in [0.717, 1.165) is 50.3 Å². The molecule has 0 N–H and O–H groups in total. The summed E-state index contributed by atoms with van der Waals surface area (Å²) in [5, 5.41) is 0.758. The number of unbranched alkanes of at least 4 members (excludes halogenated alkanes) is 2. The summed E-state index contributed by atoms with van der Waals surface area (Å²) in [5.74, 6) is -0.244. The lowest BCUT2D eigenvalue weighted by Crippen LogP contribution is -2.25. The van der Waals surface area contributed by atoms with Gasteiger partial charge in [0.25, 0.3) is 0 Å². The van der Waals surface area contributed by atoms with Crippen LogP contribution in [-0.4, -0.2) is 38.5 Å². The molecule has 1 aromatic carbocycles. The Morgan fingerprint density at radius 2 is 1.95 bits per heavy atom. The van der Waals surface area contributed by atoms with Crippen molar-refractivity contribution in [3.63, 3.8) is 0 Å². The van der Waals surface area contributed by atoms with E-state index < -0.39 is 5.60 Å². The van der Waals surface area contributed by atoms with Crippen LogP contribution >= 0.6 is 11.6 Å². The molecule has 1 saturated heterocycles. The number of benzene rings is 1. The third kappa shape index (κ3) is 5.27. The van der Waals surface area contributed by atoms with Gasteiger partial charge in [-0.2, -0.15) is 0 Å². The van der Waals surface area contributed by atoms with Crippen LogP contribution in [0.4, 0.5) is 0 Å². The Balaban J connectivity index is 1.46. The molecule has 0 bridgehead atoms. The Labute approximate surface area is 136 Å². The average Bonchev–Trinajstić information content (AvgIpc) is 3.32. The van der Waals surface area contributed by atoms with E-state index in [2.05, 4.69) is 0 Å². The monoisotopic (exact) mass is 326 g/mol. The van der Waals surface area contributed by atoms with Crippen LogP contribution in [0.1, 0.15) is 31.2 Å². The minimum Gasteiger partial charge on any atom is -0.467 e. The Kier molecular flexibility index (Phi) is 6.68. The molecule has 5 heteroatoms. The predicted molar refractivity (Wildman–Crippen MR) is 85.1 cm³/mol. The molecular weight excluding hydrogens is 304 g/mol. The summed E-state index contributed by atoms with van der Waals surface area (Å²) < 4.78 is 15.6. The molecule has 0 radical (unpaired) electrons. The number of hydrogen-bond acceptors (Lipinski definition) is 4. The highest BCUT2D eigenvalue weighted by molar-refractivity contribution is 6.30. The SMILES string of the molecule is COC(=O)C1(CCCCCOCCc2ccc(Cl)cc2)CO1. The molecule has 0 aliphatic carbocycles. The zero-order chi connectivity index (χ0) is 15.8. The van der Waals surface area contributed by atoms with Crippen molar-refractivity contribution in [2.45, 2.75) is 37.7 Å². The molecule has 2 rings (SSSR count). The normalized spacial score (nSPS) is 19.9. The second-order valence-corrected chi connectivity index (χ2v) is 6.01. The largest absolute Gasteiger partial charge is 0.467 e. The Hall–Kier alpha value is -1.10. The zero-order valence-electron chi connectivity index (χ0n) is 13.0. The Bertz CT molecular complexity index is 468. The molecule has 0 spiro atoms. The van der Waals surface area contributed by atoms with Gasteiger partial charge in [0, 0.05) is 11.6 Å². The number of methoxy groups -OCH3 is 1. The summed E-state index contributed by atoms with van der Waals surface area (Å²) in [6, 6.07) is 7.84. The molecule has 4 nitrogen and oxygen atoms in total. The van der Waals surface area contributed by atoms with Gasteiger partial charge in [-0.15, -0.1) is 0 Å². The molecule has 1 aliphatic heterocycles. The summed E-state index contributed by atoms with van der Waals surface area (Å²) in [4.78, 5) is 11.5. The summed E-state index contributed by atoms with van der Waals surface area (Å²) in [5.41, 5.74) is 0.597. The highest BCUT2D eigenvalue weighted by atomic mass is 35.5. The first-order valence-electron chi connectivity index (χ1n) is 7.71. The molecule has 22 heavy (non-hydrogen) atoms. The first-order chi connectivity index (χ1) is 10.7. The highest BCUT2D eigenvalue weighted by Gasteiger charge is 2.52. The molecule has 1 heterocycles. The number of hydrogen-bond donors (Lipinski definition) is 0. The molecule has 1 fully saturated rings. The number of esters is 1. The fraction of sp³-hybridized carbons (Fsp3) is 0.588. The maximum atomic E-state index is 11.5. The Morgan fingerprint density at radius 3 is 2.59 bits per heavy atom. The van der Waals surface area contributed by atoms with Crippen LogP contribution in [-0.2, 0) is 25.4 Å². The topological polar surface area (TPSA) is 48.1 Å². The van der Waals surface area contributed by atoms with Crippen LogP contribution in [0.25, 0.3) is 0 Å². The quantitative estimate of drug-likeness (QED) is 0.375. The molecular formula is C17H23ClO4. The maximum absolute atomic E-state index is 11.5. The molecule has 1 atom stereocenters. The van der Waals surface area contributed by atoms with Gasteiger partial charge >= 0.3 is 5.97 Å². The number of halogens is 1. The maximum Gasteiger partial charge on any atom is 0.340 e. The number of carbonyl (C=O) groups excluding carboxylic acids is 1. The van der Waals surface area contributed by atoms with Crippen LogP contribution in [0, 0.1) is 0 Å². The molecule has 1 aromatic rings. The third-order valence-electron chi connectivity index (χ3n) is 3.87. The molecule has 0 amide bonds. The molecule has 122 valence electrons. The smallest absolute Gasteiger partial charge is 0.340 e. The van der Waals surface area contributed by atoms with E-state index >= 15 is 0 Å². The fourth-order valence-corrected chi connectivity index (χ4v) is 2.50. The van der Waals surface area contributed by atoms with E-state index in [1.54, 1.807) is 0 Å². The van der Waals surface area contributed by atoms with E-state index in [-0.39, 0.29) is 5.97 Å². The molecule has 1 unspecified atom stereocenters. The number of ether oxygens (including phenoxy) is 3. The van der Waals surface area contributed by atoms with Crippen molar-refractivity contribution in [3.8, 4) is 0 Å². The van der Waals surface area contributed by atoms with Crippen LogP contribution in [0.15, 0.2) is 24.3 Å². The van der Waals surface area contributed by atoms with E-state index in [4.69, 9.17) is 25.8 Å². The van der Waals surface area contributed by atoms with Crippen molar-refractivity contribution >= 4 is 17.6 Å². The van der Waals surface area contributed by atoms with Crippen molar-refractivity contribution in [3.05, 3.63) is 34.9 Å². The molecule has 0 saturated carbocycles. The van der Waals surface area contributed by atoms with E-state index in [0.29, 0.717) is 6.61 Å². The lowest BCUT2D eigenvalue weighted by atomic mass is 10.0. The number of epoxide rings is 1. The Morgan fingerprint density at radius 1 is 1.23 bits per heavy atom. The van der Waals surface area contributed by atoms with Gasteiger partial charge in [0.1, 0.15) is 0 Å². The van der Waals surface area contributed by atoms with Crippen LogP contribution in [0.5, 0.6) is 0 Å². The standard InChI is InChI=1S/C17H23ClO4/c1-20-16(19)17(13-22-17)10-3-2-4-11-21-12-9-14-5-7-15(18)8-6-14/h5-8H,2-4,9-13H2,1H3. The first kappa shape index (κ1) is 17.3. The van der Waals surface area contributed by atoms with Crippen LogP contribution in [0.3, 0.4) is 0 Å². The van der Waals surface area contributed by atoms with Crippen LogP contribution < -0.4 is 0 Å². The average molecular weight is 327 g/mol. The first-order valence-corrected chi connectivity index (χ1v) is 8.09. The van der Waals surface area contributed by atoms with Gasteiger partial charge in [-0.1, -0.05) is 30.2 Å². The zero-order valence-corrected chi connectivity index (χ0v) is 13.7. The number of rotatable bonds is 10. The lowest BCUT2D eigenvalue weighted by Gasteiger charge is -2.09. The van der Waals surface area contributed by atoms with Gasteiger partial charge in [-0.05, 0) is 43.4 Å². The number of carbonyl (C=O) groups is 1. The van der Waals surface area contributed by atoms with Crippen molar-refractivity contribution < 1.29 is 19.0 Å². The van der Waals surface area contributed by atoms with E-state index in [1.165, 1.54) is 12.7 Å². The summed E-state index contributed by atoms with van der Waals surface area (Å²) >= 11 is 5.84. The molecule has 1 aliphatic rings. The summed E-state index contributed by atoms with van der Waals surface area (Å²) in [7, 11) is 1.40. The van der Waals surface area contributed by atoms with Crippen molar-refractivity contribution in [1.29, 1.82) is 0 Å². The highest BCUT2D eigenvalue weighted by Crippen LogP contribution is 2.34. The van der Waals surface area contributed by atoms with E-state index in [9.17, 15) is 4.79 Å². The lowest BCUT2D eigenvalue weighted by molar-refractivity contribution is -0.147. The van der Waals surface area contributed by atoms with Gasteiger partial charge in [-0.3, -0.25) is 0 Å². The van der Waals surface area contributed by atoms with E-state index in [1.807, 2.05) is 24.3 Å². The fourth-order valence-electron chi connectivity index (χ4n) is 2.37. The summed E-state index contributed by atoms with van der Waals surface area (Å²) in [6.07, 6.45) is 4.62.